The molecular weight excluding hydrogens is 464 g/mol. The van der Waals surface area contributed by atoms with Crippen molar-refractivity contribution in [1.29, 1.82) is 0 Å². The molecule has 0 spiro atoms. The van der Waals surface area contributed by atoms with Crippen molar-refractivity contribution in [1.82, 2.24) is 24.4 Å². The number of anilines is 1. The third-order valence-corrected chi connectivity index (χ3v) is 7.25. The minimum atomic E-state index is -0.720. The second kappa shape index (κ2) is 9.70. The normalized spacial score (nSPS) is 31.4. The largest absolute Gasteiger partial charge is 0.463 e. The molecule has 2 N–H and O–H groups in total. The average molecular weight is 501 g/mol. The highest BCUT2D eigenvalue weighted by Gasteiger charge is 2.56. The van der Waals surface area contributed by atoms with Gasteiger partial charge < -0.3 is 24.7 Å². The van der Waals surface area contributed by atoms with Crippen molar-refractivity contribution in [2.45, 2.75) is 89.9 Å². The number of nitrogens with zero attached hydrogens (tertiary/aromatic N) is 5. The lowest BCUT2D eigenvalue weighted by molar-refractivity contribution is -0.199. The molecule has 1 aliphatic carbocycles. The van der Waals surface area contributed by atoms with Gasteiger partial charge in [-0.25, -0.2) is 19.7 Å². The first-order chi connectivity index (χ1) is 17.2. The fraction of sp³-hybridized carbons (Fsp3) is 0.680. The number of fused-ring (bicyclic) bond motifs is 2. The molecule has 4 heterocycles. The third-order valence-electron chi connectivity index (χ3n) is 7.25. The highest BCUT2D eigenvalue weighted by Crippen LogP contribution is 2.45. The quantitative estimate of drug-likeness (QED) is 0.426. The van der Waals surface area contributed by atoms with Gasteiger partial charge in [-0.1, -0.05) is 6.08 Å². The van der Waals surface area contributed by atoms with E-state index < -0.39 is 12.0 Å². The summed E-state index contributed by atoms with van der Waals surface area (Å²) < 4.78 is 26.1. The van der Waals surface area contributed by atoms with E-state index >= 15 is 0 Å². The number of carbonyl (C=O) groups excluding carboxylic acids is 1. The van der Waals surface area contributed by atoms with E-state index in [1.807, 2.05) is 31.4 Å². The SMILES string of the molecule is CCOC(=O)C=CC1CC(N(C[C@H]2O[C@@H](n3cnc4c(N)ncnc43)[C@@H]3OC(C)(C)O[C@@H]32)C(C)C)C1. The summed E-state index contributed by atoms with van der Waals surface area (Å²) >= 11 is 0. The maximum atomic E-state index is 11.6. The van der Waals surface area contributed by atoms with Gasteiger partial charge in [0.15, 0.2) is 23.5 Å². The maximum absolute atomic E-state index is 11.6. The molecule has 4 atom stereocenters. The van der Waals surface area contributed by atoms with E-state index in [0.717, 1.165) is 12.8 Å². The molecule has 11 nitrogen and oxygen atoms in total. The van der Waals surface area contributed by atoms with Gasteiger partial charge in [0.1, 0.15) is 30.2 Å². The molecule has 5 rings (SSSR count). The smallest absolute Gasteiger partial charge is 0.330 e. The van der Waals surface area contributed by atoms with Gasteiger partial charge in [0, 0.05) is 24.7 Å². The predicted molar refractivity (Wildman–Crippen MR) is 132 cm³/mol. The molecule has 0 aromatic carbocycles. The van der Waals surface area contributed by atoms with E-state index in [4.69, 9.17) is 24.7 Å². The lowest BCUT2D eigenvalue weighted by Gasteiger charge is -2.45. The minimum Gasteiger partial charge on any atom is -0.463 e. The number of esters is 1. The summed E-state index contributed by atoms with van der Waals surface area (Å²) in [5.74, 6) is -0.296. The van der Waals surface area contributed by atoms with Crippen molar-refractivity contribution >= 4 is 23.0 Å². The van der Waals surface area contributed by atoms with Gasteiger partial charge in [-0.05, 0) is 53.4 Å². The molecule has 2 aromatic rings. The molecule has 2 aliphatic heterocycles. The average Bonchev–Trinajstić information content (AvgIpc) is 3.43. The van der Waals surface area contributed by atoms with Crippen LogP contribution in [0.1, 0.15) is 53.7 Å². The first-order valence-corrected chi connectivity index (χ1v) is 12.7. The number of carbonyl (C=O) groups is 1. The van der Waals surface area contributed by atoms with Crippen molar-refractivity contribution in [2.75, 3.05) is 18.9 Å². The van der Waals surface area contributed by atoms with Gasteiger partial charge in [0.2, 0.25) is 0 Å². The van der Waals surface area contributed by atoms with Crippen LogP contribution in [0.3, 0.4) is 0 Å². The zero-order valence-corrected chi connectivity index (χ0v) is 21.5. The summed E-state index contributed by atoms with van der Waals surface area (Å²) in [6.07, 6.45) is 7.42. The Balaban J connectivity index is 1.31. The fourth-order valence-electron chi connectivity index (χ4n) is 5.54. The number of nitrogen functional groups attached to an aromatic ring is 1. The molecule has 0 bridgehead atoms. The molecule has 196 valence electrons. The Labute approximate surface area is 210 Å². The fourth-order valence-corrected chi connectivity index (χ4v) is 5.54. The van der Waals surface area contributed by atoms with E-state index in [2.05, 4.69) is 33.7 Å². The summed E-state index contributed by atoms with van der Waals surface area (Å²) in [4.78, 5) is 27.0. The molecule has 2 saturated heterocycles. The Bertz CT molecular complexity index is 1130. The molecule has 1 saturated carbocycles. The molecule has 0 amide bonds. The topological polar surface area (TPSA) is 127 Å². The highest BCUT2D eigenvalue weighted by molar-refractivity contribution is 5.82. The molecule has 36 heavy (non-hydrogen) atoms. The Morgan fingerprint density at radius 1 is 1.28 bits per heavy atom. The van der Waals surface area contributed by atoms with Crippen molar-refractivity contribution in [2.24, 2.45) is 5.92 Å². The van der Waals surface area contributed by atoms with Crippen LogP contribution in [0, 0.1) is 5.92 Å². The molecule has 3 aliphatic rings. The van der Waals surface area contributed by atoms with Gasteiger partial charge in [0.25, 0.3) is 0 Å². The second-order valence-electron chi connectivity index (χ2n) is 10.5. The van der Waals surface area contributed by atoms with Gasteiger partial charge >= 0.3 is 5.97 Å². The number of hydrogen-bond donors (Lipinski definition) is 1. The molecular formula is C25H36N6O5. The lowest BCUT2D eigenvalue weighted by atomic mass is 9.78. The summed E-state index contributed by atoms with van der Waals surface area (Å²) in [5, 5.41) is 0. The third kappa shape index (κ3) is 4.72. The van der Waals surface area contributed by atoms with Crippen molar-refractivity contribution in [3.8, 4) is 0 Å². The van der Waals surface area contributed by atoms with Gasteiger partial charge in [-0.15, -0.1) is 0 Å². The number of ether oxygens (including phenoxy) is 4. The molecule has 2 aromatic heterocycles. The zero-order chi connectivity index (χ0) is 25.6. The van der Waals surface area contributed by atoms with Crippen LogP contribution in [0.4, 0.5) is 5.82 Å². The van der Waals surface area contributed by atoms with Crippen molar-refractivity contribution < 1.29 is 23.7 Å². The molecule has 11 heteroatoms. The van der Waals surface area contributed by atoms with E-state index in [0.29, 0.717) is 48.1 Å². The number of nitrogens with two attached hydrogens (primary N) is 1. The van der Waals surface area contributed by atoms with E-state index in [1.54, 1.807) is 12.4 Å². The Kier molecular flexibility index (Phi) is 6.75. The summed E-state index contributed by atoms with van der Waals surface area (Å²) in [5.41, 5.74) is 7.15. The first kappa shape index (κ1) is 25.1. The summed E-state index contributed by atoms with van der Waals surface area (Å²) in [6, 6.07) is 0.725. The predicted octanol–water partition coefficient (Wildman–Crippen LogP) is 2.43. The second-order valence-corrected chi connectivity index (χ2v) is 10.5. The monoisotopic (exact) mass is 500 g/mol. The van der Waals surface area contributed by atoms with Crippen LogP contribution < -0.4 is 5.73 Å². The number of imidazole rings is 1. The number of rotatable bonds is 8. The maximum Gasteiger partial charge on any atom is 0.330 e. The Morgan fingerprint density at radius 2 is 2.03 bits per heavy atom. The van der Waals surface area contributed by atoms with Crippen LogP contribution in [0.2, 0.25) is 0 Å². The summed E-state index contributed by atoms with van der Waals surface area (Å²) in [6.45, 7) is 11.2. The minimum absolute atomic E-state index is 0.199. The van der Waals surface area contributed by atoms with Crippen molar-refractivity contribution in [3.05, 3.63) is 24.8 Å². The van der Waals surface area contributed by atoms with Crippen LogP contribution in [0.15, 0.2) is 24.8 Å². The summed E-state index contributed by atoms with van der Waals surface area (Å²) in [7, 11) is 0. The van der Waals surface area contributed by atoms with Crippen LogP contribution in [0.5, 0.6) is 0 Å². The van der Waals surface area contributed by atoms with E-state index in [1.165, 1.54) is 6.33 Å². The Hall–Kier alpha value is -2.60. The van der Waals surface area contributed by atoms with Gasteiger partial charge in [0.05, 0.1) is 12.9 Å². The number of allylic oxidation sites excluding steroid dienone is 1. The van der Waals surface area contributed by atoms with Crippen LogP contribution >= 0.6 is 0 Å². The molecule has 3 fully saturated rings. The van der Waals surface area contributed by atoms with Gasteiger partial charge in [-0.2, -0.15) is 0 Å². The first-order valence-electron chi connectivity index (χ1n) is 12.7. The Morgan fingerprint density at radius 3 is 2.75 bits per heavy atom. The highest BCUT2D eigenvalue weighted by atomic mass is 16.8. The van der Waals surface area contributed by atoms with Gasteiger partial charge in [-0.3, -0.25) is 9.47 Å². The van der Waals surface area contributed by atoms with Crippen LogP contribution in [0.25, 0.3) is 11.2 Å². The van der Waals surface area contributed by atoms with Crippen LogP contribution in [-0.4, -0.2) is 79.7 Å². The van der Waals surface area contributed by atoms with E-state index in [-0.39, 0.29) is 24.3 Å². The number of aromatic nitrogens is 4. The molecule has 0 unspecified atom stereocenters. The van der Waals surface area contributed by atoms with E-state index in [9.17, 15) is 4.79 Å². The lowest BCUT2D eigenvalue weighted by Crippen LogP contribution is -2.52. The van der Waals surface area contributed by atoms with Crippen molar-refractivity contribution in [3.63, 3.8) is 0 Å². The molecule has 0 radical (unpaired) electrons. The standard InChI is InChI=1S/C25H36N6O5/c1-6-33-18(32)8-7-15-9-16(10-15)30(14(2)3)11-17-20-21(36-25(4,5)35-20)24(34-17)31-13-29-19-22(26)27-12-28-23(19)31/h7-8,12-17,20-21,24H,6,9-11H2,1-5H3,(H2,26,27,28)/t15?,16?,17-,20-,21-,24-/m1/s1. The number of hydrogen-bond acceptors (Lipinski definition) is 10. The van der Waals surface area contributed by atoms with Crippen LogP contribution in [-0.2, 0) is 23.7 Å². The zero-order valence-electron chi connectivity index (χ0n) is 21.5.